The Morgan fingerprint density at radius 2 is 1.88 bits per heavy atom. The summed E-state index contributed by atoms with van der Waals surface area (Å²) < 4.78 is 31.0. The third kappa shape index (κ3) is 4.54. The summed E-state index contributed by atoms with van der Waals surface area (Å²) in [5.41, 5.74) is 3.86. The maximum Gasteiger partial charge on any atom is 0.232 e. The van der Waals surface area contributed by atoms with Crippen molar-refractivity contribution in [1.29, 1.82) is 0 Å². The Labute approximate surface area is 193 Å². The van der Waals surface area contributed by atoms with Crippen LogP contribution in [-0.4, -0.2) is 34.2 Å². The molecule has 32 heavy (non-hydrogen) atoms. The zero-order valence-electron chi connectivity index (χ0n) is 18.0. The molecule has 0 bridgehead atoms. The predicted molar refractivity (Wildman–Crippen MR) is 129 cm³/mol. The van der Waals surface area contributed by atoms with Crippen LogP contribution in [0.25, 0.3) is 10.8 Å². The van der Waals surface area contributed by atoms with E-state index in [2.05, 4.69) is 17.4 Å². The number of methoxy groups -OCH3 is 1. The summed E-state index contributed by atoms with van der Waals surface area (Å²) >= 11 is 6.16. The first-order valence-electron chi connectivity index (χ1n) is 10.4. The molecular formula is C24H25ClN2O4S. The molecule has 1 aliphatic rings. The zero-order chi connectivity index (χ0) is 22.9. The van der Waals surface area contributed by atoms with Gasteiger partial charge in [0.15, 0.2) is 0 Å². The number of aryl methyl sites for hydroxylation is 2. The lowest BCUT2D eigenvalue weighted by molar-refractivity contribution is -0.116. The predicted octanol–water partition coefficient (Wildman–Crippen LogP) is 4.79. The fourth-order valence-corrected chi connectivity index (χ4v) is 5.46. The van der Waals surface area contributed by atoms with E-state index in [0.717, 1.165) is 30.2 Å². The lowest BCUT2D eigenvalue weighted by atomic mass is 10.0. The average Bonchev–Trinajstić information content (AvgIpc) is 3.17. The van der Waals surface area contributed by atoms with E-state index in [1.165, 1.54) is 27.9 Å². The Kier molecular flexibility index (Phi) is 6.31. The van der Waals surface area contributed by atoms with E-state index in [1.807, 2.05) is 18.2 Å². The van der Waals surface area contributed by atoms with Crippen molar-refractivity contribution in [2.75, 3.05) is 29.5 Å². The molecule has 3 aromatic carbocycles. The topological polar surface area (TPSA) is 75.7 Å². The van der Waals surface area contributed by atoms with Gasteiger partial charge in [-0.05, 0) is 60.0 Å². The molecule has 0 saturated heterocycles. The van der Waals surface area contributed by atoms with Gasteiger partial charge < -0.3 is 10.1 Å². The minimum Gasteiger partial charge on any atom is -0.495 e. The Hall–Kier alpha value is -2.77. The Bertz CT molecular complexity index is 1280. The summed E-state index contributed by atoms with van der Waals surface area (Å²) in [7, 11) is -2.04. The monoisotopic (exact) mass is 472 g/mol. The van der Waals surface area contributed by atoms with Crippen molar-refractivity contribution in [3.8, 4) is 5.75 Å². The van der Waals surface area contributed by atoms with Gasteiger partial charge >= 0.3 is 0 Å². The number of hydrogen-bond acceptors (Lipinski definition) is 4. The zero-order valence-corrected chi connectivity index (χ0v) is 19.6. The second-order valence-corrected chi connectivity index (χ2v) is 10.2. The molecule has 0 unspecified atom stereocenters. The number of hydrogen-bond donors (Lipinski definition) is 1. The molecule has 3 aromatic rings. The van der Waals surface area contributed by atoms with E-state index < -0.39 is 10.0 Å². The lowest BCUT2D eigenvalue weighted by Gasteiger charge is -2.23. The molecule has 0 saturated carbocycles. The van der Waals surface area contributed by atoms with Gasteiger partial charge in [0.05, 0.1) is 24.1 Å². The van der Waals surface area contributed by atoms with E-state index >= 15 is 0 Å². The molecule has 0 aromatic heterocycles. The molecule has 1 aliphatic carbocycles. The molecule has 1 amide bonds. The smallest absolute Gasteiger partial charge is 0.232 e. The molecule has 6 nitrogen and oxygen atoms in total. The quantitative estimate of drug-likeness (QED) is 0.511. The van der Waals surface area contributed by atoms with Crippen molar-refractivity contribution >= 4 is 49.7 Å². The molecule has 0 aliphatic heterocycles. The van der Waals surface area contributed by atoms with Crippen LogP contribution in [0, 0.1) is 0 Å². The second kappa shape index (κ2) is 9.00. The highest BCUT2D eigenvalue weighted by Gasteiger charge is 2.20. The number of ether oxygens (including phenoxy) is 1. The van der Waals surface area contributed by atoms with Crippen LogP contribution < -0.4 is 14.4 Å². The first-order chi connectivity index (χ1) is 15.3. The second-order valence-electron chi connectivity index (χ2n) is 7.92. The number of benzene rings is 3. The van der Waals surface area contributed by atoms with Gasteiger partial charge in [0.2, 0.25) is 15.9 Å². The third-order valence-corrected chi connectivity index (χ3v) is 7.23. The number of carbonyl (C=O) groups excluding carboxylic acids is 1. The van der Waals surface area contributed by atoms with E-state index in [0.29, 0.717) is 22.9 Å². The number of nitrogens with zero attached hydrogens (tertiary/aromatic N) is 1. The minimum atomic E-state index is -3.54. The van der Waals surface area contributed by atoms with Crippen LogP contribution in [0.3, 0.4) is 0 Å². The number of amides is 1. The van der Waals surface area contributed by atoms with Crippen LogP contribution in [0.4, 0.5) is 11.4 Å². The van der Waals surface area contributed by atoms with Crippen LogP contribution in [0.2, 0.25) is 5.02 Å². The summed E-state index contributed by atoms with van der Waals surface area (Å²) in [5, 5.41) is 5.61. The first kappa shape index (κ1) is 22.4. The maximum atomic E-state index is 12.6. The summed E-state index contributed by atoms with van der Waals surface area (Å²) in [6, 6.07) is 15.0. The standard InChI is InChI=1S/C24H25ClN2O4S/c1-31-22-13-11-18(15-20(22)25)27(32(2,29)30)14-4-7-23(28)26-21-12-10-17-9-8-16-5-3-6-19(21)24(16)17/h3,5-6,10-13,15H,4,7-9,14H2,1-2H3,(H,26,28). The number of nitrogens with one attached hydrogen (secondary N) is 1. The molecular weight excluding hydrogens is 448 g/mol. The molecule has 0 heterocycles. The minimum absolute atomic E-state index is 0.148. The van der Waals surface area contributed by atoms with Crippen molar-refractivity contribution in [1.82, 2.24) is 0 Å². The van der Waals surface area contributed by atoms with Gasteiger partial charge in [-0.1, -0.05) is 35.9 Å². The van der Waals surface area contributed by atoms with E-state index in [4.69, 9.17) is 16.3 Å². The fraction of sp³-hybridized carbons (Fsp3) is 0.292. The van der Waals surface area contributed by atoms with Crippen molar-refractivity contribution in [2.45, 2.75) is 25.7 Å². The van der Waals surface area contributed by atoms with Crippen molar-refractivity contribution in [2.24, 2.45) is 0 Å². The van der Waals surface area contributed by atoms with Crippen molar-refractivity contribution in [3.63, 3.8) is 0 Å². The van der Waals surface area contributed by atoms with Crippen molar-refractivity contribution in [3.05, 3.63) is 64.7 Å². The molecule has 8 heteroatoms. The average molecular weight is 473 g/mol. The van der Waals surface area contributed by atoms with Gasteiger partial charge in [0.1, 0.15) is 5.75 Å². The SMILES string of the molecule is COc1ccc(N(CCCC(=O)Nc2ccc3c4c(cccc24)CC3)S(C)(=O)=O)cc1Cl. The first-order valence-corrected chi connectivity index (χ1v) is 12.6. The van der Waals surface area contributed by atoms with E-state index in [-0.39, 0.29) is 18.9 Å². The Morgan fingerprint density at radius 3 is 2.56 bits per heavy atom. The number of sulfonamides is 1. The summed E-state index contributed by atoms with van der Waals surface area (Å²) in [6.45, 7) is 0.165. The van der Waals surface area contributed by atoms with Crippen LogP contribution in [0.15, 0.2) is 48.5 Å². The number of halogens is 1. The van der Waals surface area contributed by atoms with Gasteiger partial charge in [0, 0.05) is 24.0 Å². The lowest BCUT2D eigenvalue weighted by Crippen LogP contribution is -2.31. The van der Waals surface area contributed by atoms with Crippen LogP contribution in [0.5, 0.6) is 5.75 Å². The largest absolute Gasteiger partial charge is 0.495 e. The summed E-state index contributed by atoms with van der Waals surface area (Å²) in [4.78, 5) is 12.6. The van der Waals surface area contributed by atoms with E-state index in [1.54, 1.807) is 18.2 Å². The number of anilines is 2. The molecule has 1 N–H and O–H groups in total. The van der Waals surface area contributed by atoms with Crippen molar-refractivity contribution < 1.29 is 17.9 Å². The van der Waals surface area contributed by atoms with E-state index in [9.17, 15) is 13.2 Å². The molecule has 168 valence electrons. The molecule has 0 fully saturated rings. The molecule has 0 radical (unpaired) electrons. The molecule has 4 rings (SSSR count). The summed E-state index contributed by atoms with van der Waals surface area (Å²) in [5.74, 6) is 0.318. The highest BCUT2D eigenvalue weighted by Crippen LogP contribution is 2.35. The van der Waals surface area contributed by atoms with Gasteiger partial charge in [-0.25, -0.2) is 8.42 Å². The number of carbonyl (C=O) groups is 1. The van der Waals surface area contributed by atoms with Crippen LogP contribution >= 0.6 is 11.6 Å². The van der Waals surface area contributed by atoms with Gasteiger partial charge in [0.25, 0.3) is 0 Å². The molecule has 0 spiro atoms. The Balaban J connectivity index is 1.44. The Morgan fingerprint density at radius 1 is 1.12 bits per heavy atom. The third-order valence-electron chi connectivity index (χ3n) is 5.74. The van der Waals surface area contributed by atoms with Gasteiger partial charge in [-0.15, -0.1) is 0 Å². The highest BCUT2D eigenvalue weighted by molar-refractivity contribution is 7.92. The van der Waals surface area contributed by atoms with Crippen LogP contribution in [-0.2, 0) is 27.7 Å². The number of rotatable bonds is 8. The maximum absolute atomic E-state index is 12.6. The fourth-order valence-electron chi connectivity index (χ4n) is 4.25. The van der Waals surface area contributed by atoms with Gasteiger partial charge in [-0.2, -0.15) is 0 Å². The molecule has 0 atom stereocenters. The van der Waals surface area contributed by atoms with Gasteiger partial charge in [-0.3, -0.25) is 9.10 Å². The highest BCUT2D eigenvalue weighted by atomic mass is 35.5. The summed E-state index contributed by atoms with van der Waals surface area (Å²) in [6.07, 6.45) is 3.75. The van der Waals surface area contributed by atoms with Crippen LogP contribution in [0.1, 0.15) is 24.0 Å². The normalized spacial score (nSPS) is 12.7.